The predicted molar refractivity (Wildman–Crippen MR) is 78.2 cm³/mol. The van der Waals surface area contributed by atoms with E-state index < -0.39 is 0 Å². The largest absolute Gasteiger partial charge is 0.271 e. The molecule has 0 fully saturated rings. The van der Waals surface area contributed by atoms with Crippen molar-refractivity contribution < 1.29 is 0 Å². The molecule has 5 nitrogen and oxygen atoms in total. The lowest BCUT2D eigenvalue weighted by atomic mass is 10.0. The van der Waals surface area contributed by atoms with Gasteiger partial charge < -0.3 is 0 Å². The zero-order valence-electron chi connectivity index (χ0n) is 10.7. The highest BCUT2D eigenvalue weighted by molar-refractivity contribution is 6.30. The monoisotopic (exact) mass is 287 g/mol. The van der Waals surface area contributed by atoms with E-state index in [9.17, 15) is 0 Å². The Morgan fingerprint density at radius 1 is 1.35 bits per heavy atom. The van der Waals surface area contributed by atoms with Gasteiger partial charge in [-0.3, -0.25) is 16.3 Å². The Morgan fingerprint density at radius 2 is 2.25 bits per heavy atom. The number of halogens is 1. The highest BCUT2D eigenvalue weighted by Gasteiger charge is 2.16. The van der Waals surface area contributed by atoms with E-state index in [1.807, 2.05) is 36.7 Å². The Morgan fingerprint density at radius 3 is 3.05 bits per heavy atom. The van der Waals surface area contributed by atoms with Crippen LogP contribution in [-0.4, -0.2) is 14.6 Å². The Bertz CT molecular complexity index is 724. The van der Waals surface area contributed by atoms with E-state index in [-0.39, 0.29) is 6.04 Å². The maximum Gasteiger partial charge on any atom is 0.0893 e. The van der Waals surface area contributed by atoms with Crippen LogP contribution in [-0.2, 0) is 6.42 Å². The smallest absolute Gasteiger partial charge is 0.0893 e. The van der Waals surface area contributed by atoms with Crippen LogP contribution in [0.15, 0.2) is 49.1 Å². The molecule has 3 N–H and O–H groups in total. The summed E-state index contributed by atoms with van der Waals surface area (Å²) in [7, 11) is 0. The van der Waals surface area contributed by atoms with Crippen molar-refractivity contribution in [2.45, 2.75) is 12.5 Å². The summed E-state index contributed by atoms with van der Waals surface area (Å²) in [4.78, 5) is 4.13. The first kappa shape index (κ1) is 13.1. The van der Waals surface area contributed by atoms with Crippen molar-refractivity contribution in [1.82, 2.24) is 20.0 Å². The van der Waals surface area contributed by atoms with Crippen LogP contribution in [0.4, 0.5) is 0 Å². The minimum Gasteiger partial charge on any atom is -0.271 e. The van der Waals surface area contributed by atoms with Gasteiger partial charge in [0.25, 0.3) is 0 Å². The molecule has 2 aromatic heterocycles. The fourth-order valence-electron chi connectivity index (χ4n) is 2.28. The maximum absolute atomic E-state index is 6.01. The summed E-state index contributed by atoms with van der Waals surface area (Å²) in [5.41, 5.74) is 5.91. The molecule has 0 spiro atoms. The van der Waals surface area contributed by atoms with Crippen molar-refractivity contribution in [3.05, 3.63) is 65.2 Å². The number of rotatable bonds is 4. The molecule has 0 radical (unpaired) electrons. The van der Waals surface area contributed by atoms with Gasteiger partial charge in [0.1, 0.15) is 0 Å². The van der Waals surface area contributed by atoms with Gasteiger partial charge in [0.2, 0.25) is 0 Å². The number of nitrogens with one attached hydrogen (secondary N) is 1. The van der Waals surface area contributed by atoms with Gasteiger partial charge in [-0.15, -0.1) is 0 Å². The van der Waals surface area contributed by atoms with Crippen LogP contribution in [0.1, 0.15) is 17.2 Å². The zero-order valence-corrected chi connectivity index (χ0v) is 11.5. The predicted octanol–water partition coefficient (Wildman–Crippen LogP) is 2.13. The average Bonchev–Trinajstić information content (AvgIpc) is 2.89. The number of nitrogens with zero attached hydrogens (tertiary/aromatic N) is 3. The third kappa shape index (κ3) is 2.51. The molecule has 0 saturated heterocycles. The van der Waals surface area contributed by atoms with Gasteiger partial charge in [-0.2, -0.15) is 5.10 Å². The first-order valence-electron chi connectivity index (χ1n) is 6.26. The van der Waals surface area contributed by atoms with Gasteiger partial charge in [0.05, 0.1) is 24.0 Å². The molecule has 3 rings (SSSR count). The number of hydrogen-bond donors (Lipinski definition) is 2. The molecule has 1 aromatic carbocycles. The maximum atomic E-state index is 6.01. The molecule has 1 atom stereocenters. The van der Waals surface area contributed by atoms with Crippen molar-refractivity contribution in [2.24, 2.45) is 5.84 Å². The molecule has 0 aliphatic heterocycles. The van der Waals surface area contributed by atoms with E-state index in [4.69, 9.17) is 17.4 Å². The molecular formula is C14H14ClN5. The van der Waals surface area contributed by atoms with E-state index in [0.29, 0.717) is 0 Å². The van der Waals surface area contributed by atoms with Crippen LogP contribution < -0.4 is 11.3 Å². The van der Waals surface area contributed by atoms with Crippen molar-refractivity contribution >= 4 is 17.1 Å². The van der Waals surface area contributed by atoms with E-state index >= 15 is 0 Å². The lowest BCUT2D eigenvalue weighted by molar-refractivity contribution is 0.555. The Labute approximate surface area is 121 Å². The van der Waals surface area contributed by atoms with Gasteiger partial charge in [0.15, 0.2) is 0 Å². The topological polar surface area (TPSA) is 68.2 Å². The third-order valence-electron chi connectivity index (χ3n) is 3.26. The number of hydrazine groups is 1. The minimum absolute atomic E-state index is 0.0461. The zero-order chi connectivity index (χ0) is 13.9. The van der Waals surface area contributed by atoms with Crippen molar-refractivity contribution in [3.63, 3.8) is 0 Å². The molecule has 2 heterocycles. The first-order valence-corrected chi connectivity index (χ1v) is 6.63. The molecule has 0 bridgehead atoms. The lowest BCUT2D eigenvalue weighted by Crippen LogP contribution is -2.29. The fraction of sp³-hybridized carbons (Fsp3) is 0.143. The summed E-state index contributed by atoms with van der Waals surface area (Å²) in [5.74, 6) is 5.70. The summed E-state index contributed by atoms with van der Waals surface area (Å²) in [6.07, 6.45) is 7.83. The highest BCUT2D eigenvalue weighted by Crippen LogP contribution is 2.23. The van der Waals surface area contributed by atoms with Crippen molar-refractivity contribution in [1.29, 1.82) is 0 Å². The summed E-state index contributed by atoms with van der Waals surface area (Å²) in [6.45, 7) is 0. The van der Waals surface area contributed by atoms with E-state index in [1.54, 1.807) is 16.9 Å². The normalized spacial score (nSPS) is 12.7. The first-order chi connectivity index (χ1) is 9.78. The number of fused-ring (bicyclic) bond motifs is 1. The molecule has 3 aromatic rings. The lowest BCUT2D eigenvalue weighted by Gasteiger charge is -2.15. The van der Waals surface area contributed by atoms with Gasteiger partial charge in [-0.25, -0.2) is 4.52 Å². The van der Waals surface area contributed by atoms with Crippen molar-refractivity contribution in [3.8, 4) is 0 Å². The second kappa shape index (κ2) is 5.58. The molecule has 102 valence electrons. The SMILES string of the molecule is NNC(Cc1cccc(Cl)c1)c1cnn2ccncc12. The summed E-state index contributed by atoms with van der Waals surface area (Å²) in [6, 6.07) is 7.71. The Hall–Kier alpha value is -1.95. The van der Waals surface area contributed by atoms with Crippen LogP contribution in [0.3, 0.4) is 0 Å². The van der Waals surface area contributed by atoms with Crippen LogP contribution >= 0.6 is 11.6 Å². The average molecular weight is 288 g/mol. The summed E-state index contributed by atoms with van der Waals surface area (Å²) in [5, 5.41) is 5.02. The fourth-order valence-corrected chi connectivity index (χ4v) is 2.49. The second-order valence-corrected chi connectivity index (χ2v) is 5.00. The van der Waals surface area contributed by atoms with E-state index in [0.717, 1.165) is 28.1 Å². The van der Waals surface area contributed by atoms with Gasteiger partial charge in [0, 0.05) is 23.0 Å². The molecule has 6 heteroatoms. The Kier molecular flexibility index (Phi) is 3.64. The van der Waals surface area contributed by atoms with E-state index in [1.165, 1.54) is 0 Å². The van der Waals surface area contributed by atoms with Gasteiger partial charge in [-0.1, -0.05) is 23.7 Å². The summed E-state index contributed by atoms with van der Waals surface area (Å²) >= 11 is 6.01. The van der Waals surface area contributed by atoms with Crippen LogP contribution in [0, 0.1) is 0 Å². The quantitative estimate of drug-likeness (QED) is 0.570. The molecule has 0 saturated carbocycles. The highest BCUT2D eigenvalue weighted by atomic mass is 35.5. The molecular weight excluding hydrogens is 274 g/mol. The minimum atomic E-state index is -0.0461. The molecule has 0 aliphatic rings. The molecule has 1 unspecified atom stereocenters. The number of hydrogen-bond acceptors (Lipinski definition) is 4. The van der Waals surface area contributed by atoms with E-state index in [2.05, 4.69) is 15.5 Å². The van der Waals surface area contributed by atoms with Crippen LogP contribution in [0.5, 0.6) is 0 Å². The van der Waals surface area contributed by atoms with Crippen LogP contribution in [0.2, 0.25) is 5.02 Å². The van der Waals surface area contributed by atoms with Crippen LogP contribution in [0.25, 0.3) is 5.52 Å². The third-order valence-corrected chi connectivity index (χ3v) is 3.50. The standard InChI is InChI=1S/C14H14ClN5/c15-11-3-1-2-10(6-11)7-13(19-16)12-8-18-20-5-4-17-9-14(12)20/h1-6,8-9,13,19H,7,16H2. The van der Waals surface area contributed by atoms with Gasteiger partial charge in [-0.05, 0) is 24.1 Å². The molecule has 0 aliphatic carbocycles. The number of aromatic nitrogens is 3. The van der Waals surface area contributed by atoms with Gasteiger partial charge >= 0.3 is 0 Å². The number of nitrogens with two attached hydrogens (primary N) is 1. The Balaban J connectivity index is 1.93. The number of benzene rings is 1. The summed E-state index contributed by atoms with van der Waals surface area (Å²) < 4.78 is 1.78. The molecule has 20 heavy (non-hydrogen) atoms. The second-order valence-electron chi connectivity index (χ2n) is 4.56. The molecule has 0 amide bonds. The van der Waals surface area contributed by atoms with Crippen molar-refractivity contribution in [2.75, 3.05) is 0 Å².